The molecule has 1 aromatic rings. The molecule has 0 radical (unpaired) electrons. The summed E-state index contributed by atoms with van der Waals surface area (Å²) in [6.07, 6.45) is -3.72. The fraction of sp³-hybridized carbons (Fsp3) is 0.538. The monoisotopic (exact) mass is 246 g/mol. The van der Waals surface area contributed by atoms with Gasteiger partial charge in [-0.2, -0.15) is 13.2 Å². The Kier molecular flexibility index (Phi) is 4.20. The zero-order valence-electron chi connectivity index (χ0n) is 10.0. The largest absolute Gasteiger partial charge is 0.392 e. The summed E-state index contributed by atoms with van der Waals surface area (Å²) in [4.78, 5) is 0. The zero-order chi connectivity index (χ0) is 13.1. The van der Waals surface area contributed by atoms with Gasteiger partial charge in [-0.1, -0.05) is 37.6 Å². The summed E-state index contributed by atoms with van der Waals surface area (Å²) in [6.45, 7) is 3.23. The van der Waals surface area contributed by atoms with E-state index in [1.54, 1.807) is 24.3 Å². The molecule has 96 valence electrons. The number of alkyl halides is 3. The van der Waals surface area contributed by atoms with Gasteiger partial charge in [-0.25, -0.2) is 0 Å². The van der Waals surface area contributed by atoms with Crippen LogP contribution in [-0.2, 0) is 12.0 Å². The molecule has 0 spiro atoms. The number of hydrogen-bond donors (Lipinski definition) is 1. The lowest BCUT2D eigenvalue weighted by Crippen LogP contribution is -2.28. The van der Waals surface area contributed by atoms with Crippen LogP contribution in [0.15, 0.2) is 24.3 Å². The second-order valence-corrected chi connectivity index (χ2v) is 4.51. The first-order valence-electron chi connectivity index (χ1n) is 5.63. The van der Waals surface area contributed by atoms with Gasteiger partial charge in [-0.05, 0) is 24.5 Å². The number of aliphatic hydroxyl groups is 1. The normalized spacial score (nSPS) is 15.6. The molecule has 1 unspecified atom stereocenters. The standard InChI is InChI=1S/C13H17F3O/c1-3-4-10-5-7-11(8-6-10)12(2,17)9-13(14,15)16/h5-8,17H,3-4,9H2,1-2H3. The molecule has 17 heavy (non-hydrogen) atoms. The molecule has 1 nitrogen and oxygen atoms in total. The van der Waals surface area contributed by atoms with Crippen LogP contribution in [0, 0.1) is 0 Å². The van der Waals surface area contributed by atoms with Gasteiger partial charge in [0.1, 0.15) is 0 Å². The van der Waals surface area contributed by atoms with Crippen molar-refractivity contribution >= 4 is 0 Å². The molecular weight excluding hydrogens is 229 g/mol. The number of hydrogen-bond acceptors (Lipinski definition) is 1. The van der Waals surface area contributed by atoms with Crippen LogP contribution in [0.1, 0.15) is 37.8 Å². The summed E-state index contributed by atoms with van der Waals surface area (Å²) >= 11 is 0. The Morgan fingerprint density at radius 1 is 1.12 bits per heavy atom. The van der Waals surface area contributed by atoms with Crippen LogP contribution in [0.25, 0.3) is 0 Å². The lowest BCUT2D eigenvalue weighted by atomic mass is 9.91. The van der Waals surface area contributed by atoms with E-state index in [-0.39, 0.29) is 0 Å². The summed E-state index contributed by atoms with van der Waals surface area (Å²) in [5.41, 5.74) is -0.489. The molecule has 0 aliphatic rings. The van der Waals surface area contributed by atoms with Gasteiger partial charge in [0.15, 0.2) is 0 Å². The van der Waals surface area contributed by atoms with Gasteiger partial charge < -0.3 is 5.11 Å². The molecule has 1 rings (SSSR count). The van der Waals surface area contributed by atoms with E-state index in [2.05, 4.69) is 0 Å². The van der Waals surface area contributed by atoms with Crippen LogP contribution in [0.2, 0.25) is 0 Å². The predicted octanol–water partition coefficient (Wildman–Crippen LogP) is 3.80. The van der Waals surface area contributed by atoms with E-state index in [4.69, 9.17) is 0 Å². The van der Waals surface area contributed by atoms with E-state index in [0.717, 1.165) is 18.4 Å². The highest BCUT2D eigenvalue weighted by Crippen LogP contribution is 2.34. The smallest absolute Gasteiger partial charge is 0.385 e. The van der Waals surface area contributed by atoms with Gasteiger partial charge in [0.2, 0.25) is 0 Å². The Balaban J connectivity index is 2.84. The van der Waals surface area contributed by atoms with Gasteiger partial charge in [0.25, 0.3) is 0 Å². The van der Waals surface area contributed by atoms with Crippen LogP contribution in [0.3, 0.4) is 0 Å². The van der Waals surface area contributed by atoms with Crippen molar-refractivity contribution in [3.63, 3.8) is 0 Å². The van der Waals surface area contributed by atoms with Crippen LogP contribution >= 0.6 is 0 Å². The lowest BCUT2D eigenvalue weighted by molar-refractivity contribution is -0.174. The summed E-state index contributed by atoms with van der Waals surface area (Å²) in [7, 11) is 0. The maximum absolute atomic E-state index is 12.3. The first-order chi connectivity index (χ1) is 7.74. The minimum Gasteiger partial charge on any atom is -0.385 e. The molecule has 0 saturated carbocycles. The highest BCUT2D eigenvalue weighted by Gasteiger charge is 2.39. The average Bonchev–Trinajstić information content (AvgIpc) is 2.15. The van der Waals surface area contributed by atoms with Crippen molar-refractivity contribution in [2.24, 2.45) is 0 Å². The predicted molar refractivity (Wildman–Crippen MR) is 60.7 cm³/mol. The van der Waals surface area contributed by atoms with Crippen LogP contribution in [0.4, 0.5) is 13.2 Å². The second-order valence-electron chi connectivity index (χ2n) is 4.51. The van der Waals surface area contributed by atoms with Crippen LogP contribution < -0.4 is 0 Å². The highest BCUT2D eigenvalue weighted by molar-refractivity contribution is 5.27. The molecule has 1 N–H and O–H groups in total. The van der Waals surface area contributed by atoms with E-state index >= 15 is 0 Å². The maximum atomic E-state index is 12.3. The minimum absolute atomic E-state index is 0.301. The van der Waals surface area contributed by atoms with Crippen molar-refractivity contribution in [2.45, 2.75) is 44.9 Å². The van der Waals surface area contributed by atoms with E-state index in [1.807, 2.05) is 6.92 Å². The fourth-order valence-corrected chi connectivity index (χ4v) is 1.81. The van der Waals surface area contributed by atoms with Crippen molar-refractivity contribution in [3.05, 3.63) is 35.4 Å². The van der Waals surface area contributed by atoms with Gasteiger partial charge in [0.05, 0.1) is 12.0 Å². The quantitative estimate of drug-likeness (QED) is 0.856. The second kappa shape index (κ2) is 5.08. The van der Waals surface area contributed by atoms with Crippen molar-refractivity contribution in [3.8, 4) is 0 Å². The highest BCUT2D eigenvalue weighted by atomic mass is 19.4. The van der Waals surface area contributed by atoms with Gasteiger partial charge in [0, 0.05) is 0 Å². The Hall–Kier alpha value is -1.03. The zero-order valence-corrected chi connectivity index (χ0v) is 10.0. The van der Waals surface area contributed by atoms with Crippen LogP contribution in [0.5, 0.6) is 0 Å². The molecule has 0 aliphatic heterocycles. The molecule has 1 atom stereocenters. The molecule has 0 heterocycles. The third kappa shape index (κ3) is 4.38. The van der Waals surface area contributed by atoms with Crippen molar-refractivity contribution in [1.29, 1.82) is 0 Å². The Morgan fingerprint density at radius 2 is 1.65 bits per heavy atom. The molecule has 0 fully saturated rings. The number of benzene rings is 1. The number of rotatable bonds is 4. The summed E-state index contributed by atoms with van der Waals surface area (Å²) in [5.74, 6) is 0. The number of halogens is 3. The molecule has 0 bridgehead atoms. The first kappa shape index (κ1) is 14.0. The third-order valence-corrected chi connectivity index (χ3v) is 2.66. The molecule has 0 aliphatic carbocycles. The molecular formula is C13H17F3O. The van der Waals surface area contributed by atoms with Gasteiger partial charge >= 0.3 is 6.18 Å². The van der Waals surface area contributed by atoms with E-state index < -0.39 is 18.2 Å². The summed E-state index contributed by atoms with van der Waals surface area (Å²) < 4.78 is 36.8. The van der Waals surface area contributed by atoms with Crippen molar-refractivity contribution in [2.75, 3.05) is 0 Å². The average molecular weight is 246 g/mol. The molecule has 0 amide bonds. The SMILES string of the molecule is CCCc1ccc(C(C)(O)CC(F)(F)F)cc1. The minimum atomic E-state index is -4.37. The van der Waals surface area contributed by atoms with Crippen molar-refractivity contribution in [1.82, 2.24) is 0 Å². The topological polar surface area (TPSA) is 20.2 Å². The molecule has 1 aromatic carbocycles. The van der Waals surface area contributed by atoms with Crippen molar-refractivity contribution < 1.29 is 18.3 Å². The van der Waals surface area contributed by atoms with Gasteiger partial charge in [-0.15, -0.1) is 0 Å². The summed E-state index contributed by atoms with van der Waals surface area (Å²) in [5, 5.41) is 9.82. The number of aryl methyl sites for hydroxylation is 1. The van der Waals surface area contributed by atoms with Gasteiger partial charge in [-0.3, -0.25) is 0 Å². The molecule has 0 saturated heterocycles. The van der Waals surface area contributed by atoms with E-state index in [1.165, 1.54) is 6.92 Å². The lowest BCUT2D eigenvalue weighted by Gasteiger charge is -2.25. The molecule has 4 heteroatoms. The van der Waals surface area contributed by atoms with Crippen LogP contribution in [-0.4, -0.2) is 11.3 Å². The first-order valence-corrected chi connectivity index (χ1v) is 5.63. The fourth-order valence-electron chi connectivity index (χ4n) is 1.81. The maximum Gasteiger partial charge on any atom is 0.392 e. The van der Waals surface area contributed by atoms with E-state index in [0.29, 0.717) is 5.56 Å². The Morgan fingerprint density at radius 3 is 2.06 bits per heavy atom. The third-order valence-electron chi connectivity index (χ3n) is 2.66. The summed E-state index contributed by atoms with van der Waals surface area (Å²) in [6, 6.07) is 6.67. The Bertz CT molecular complexity index is 352. The van der Waals surface area contributed by atoms with E-state index in [9.17, 15) is 18.3 Å². The molecule has 0 aromatic heterocycles. The Labute approximate surface area is 99.3 Å².